The van der Waals surface area contributed by atoms with Gasteiger partial charge in [-0.15, -0.1) is 0 Å². The predicted octanol–water partition coefficient (Wildman–Crippen LogP) is 2.30. The van der Waals surface area contributed by atoms with Gasteiger partial charge in [0, 0.05) is 17.6 Å². The summed E-state index contributed by atoms with van der Waals surface area (Å²) < 4.78 is 25.1. The van der Waals surface area contributed by atoms with Crippen LogP contribution in [0.1, 0.15) is 11.9 Å². The van der Waals surface area contributed by atoms with Crippen molar-refractivity contribution >= 4 is 15.9 Å². The first-order valence-corrected chi connectivity index (χ1v) is 6.64. The molecule has 1 unspecified atom stereocenters. The minimum absolute atomic E-state index is 0.156. The molecule has 0 amide bonds. The molecule has 0 radical (unpaired) electrons. The van der Waals surface area contributed by atoms with Gasteiger partial charge in [-0.3, -0.25) is 0 Å². The van der Waals surface area contributed by atoms with E-state index in [4.69, 9.17) is 9.26 Å². The van der Waals surface area contributed by atoms with E-state index < -0.39 is 5.82 Å². The van der Waals surface area contributed by atoms with E-state index in [1.807, 2.05) is 0 Å². The van der Waals surface area contributed by atoms with Crippen LogP contribution >= 0.6 is 15.9 Å². The molecule has 0 spiro atoms. The van der Waals surface area contributed by atoms with E-state index in [1.165, 1.54) is 6.07 Å². The van der Waals surface area contributed by atoms with Crippen molar-refractivity contribution in [3.63, 3.8) is 0 Å². The molecule has 2 aromatic rings. The summed E-state index contributed by atoms with van der Waals surface area (Å²) in [6.45, 7) is 2.03. The van der Waals surface area contributed by atoms with E-state index >= 15 is 0 Å². The van der Waals surface area contributed by atoms with Crippen LogP contribution < -0.4 is 5.32 Å². The average Bonchev–Trinajstić information content (AvgIpc) is 2.92. The molecule has 1 aromatic carbocycles. The lowest BCUT2D eigenvalue weighted by Gasteiger charge is -2.20. The van der Waals surface area contributed by atoms with Gasteiger partial charge in [0.15, 0.2) is 0 Å². The summed E-state index contributed by atoms with van der Waals surface area (Å²) in [5.41, 5.74) is 0.275. The van der Waals surface area contributed by atoms with Gasteiger partial charge in [-0.05, 0) is 18.2 Å². The summed E-state index contributed by atoms with van der Waals surface area (Å²) in [5.74, 6) is 0.186. The summed E-state index contributed by atoms with van der Waals surface area (Å²) in [5, 5.41) is 7.03. The average molecular weight is 328 g/mol. The molecule has 5 nitrogen and oxygen atoms in total. The third-order valence-electron chi connectivity index (χ3n) is 2.82. The standard InChI is InChI=1S/C12H11BrFN3O2/c13-7-1-2-9(14)8(5-7)12-16-11(17-19-12)10-6-15-3-4-18-10/h1-2,5,10,15H,3-4,6H2. The highest BCUT2D eigenvalue weighted by Gasteiger charge is 2.22. The van der Waals surface area contributed by atoms with Crippen molar-refractivity contribution in [3.8, 4) is 11.5 Å². The quantitative estimate of drug-likeness (QED) is 0.917. The minimum atomic E-state index is -0.402. The first-order valence-electron chi connectivity index (χ1n) is 5.85. The second-order valence-electron chi connectivity index (χ2n) is 4.15. The highest BCUT2D eigenvalue weighted by Crippen LogP contribution is 2.26. The van der Waals surface area contributed by atoms with Gasteiger partial charge in [-0.25, -0.2) is 4.39 Å². The first kappa shape index (κ1) is 12.7. The number of morpholine rings is 1. The van der Waals surface area contributed by atoms with Crippen LogP contribution in [0.5, 0.6) is 0 Å². The predicted molar refractivity (Wildman–Crippen MR) is 69.0 cm³/mol. The number of rotatable bonds is 2. The number of nitrogens with one attached hydrogen (secondary N) is 1. The lowest BCUT2D eigenvalue weighted by molar-refractivity contribution is 0.0208. The van der Waals surface area contributed by atoms with Gasteiger partial charge in [-0.1, -0.05) is 21.1 Å². The van der Waals surface area contributed by atoms with Crippen molar-refractivity contribution < 1.29 is 13.7 Å². The topological polar surface area (TPSA) is 60.2 Å². The third kappa shape index (κ3) is 2.68. The first-order chi connectivity index (χ1) is 9.24. The molecular weight excluding hydrogens is 317 g/mol. The molecule has 7 heteroatoms. The molecule has 1 fully saturated rings. The summed E-state index contributed by atoms with van der Waals surface area (Å²) in [7, 11) is 0. The molecule has 100 valence electrons. The van der Waals surface area contributed by atoms with Gasteiger partial charge in [0.2, 0.25) is 5.82 Å². The highest BCUT2D eigenvalue weighted by molar-refractivity contribution is 9.10. The van der Waals surface area contributed by atoms with E-state index in [9.17, 15) is 4.39 Å². The maximum atomic E-state index is 13.7. The van der Waals surface area contributed by atoms with Gasteiger partial charge < -0.3 is 14.6 Å². The van der Waals surface area contributed by atoms with E-state index in [-0.39, 0.29) is 17.6 Å². The maximum absolute atomic E-state index is 13.7. The zero-order chi connectivity index (χ0) is 13.2. The highest BCUT2D eigenvalue weighted by atomic mass is 79.9. The van der Waals surface area contributed by atoms with Crippen molar-refractivity contribution in [2.24, 2.45) is 0 Å². The largest absolute Gasteiger partial charge is 0.367 e. The van der Waals surface area contributed by atoms with Gasteiger partial charge in [-0.2, -0.15) is 4.98 Å². The second-order valence-corrected chi connectivity index (χ2v) is 5.06. The summed E-state index contributed by atoms with van der Waals surface area (Å²) in [6, 6.07) is 4.57. The Labute approximate surface area is 117 Å². The Morgan fingerprint density at radius 1 is 1.42 bits per heavy atom. The number of ether oxygens (including phenoxy) is 1. The van der Waals surface area contributed by atoms with Crippen LogP contribution in [0.3, 0.4) is 0 Å². The summed E-state index contributed by atoms with van der Waals surface area (Å²) in [6.07, 6.45) is -0.249. The van der Waals surface area contributed by atoms with E-state index in [0.717, 1.165) is 11.0 Å². The molecule has 1 atom stereocenters. The second kappa shape index (κ2) is 5.36. The Hall–Kier alpha value is -1.31. The third-order valence-corrected chi connectivity index (χ3v) is 3.31. The Kier molecular flexibility index (Phi) is 3.58. The van der Waals surface area contributed by atoms with Crippen LogP contribution in [0.4, 0.5) is 4.39 Å². The molecule has 1 aromatic heterocycles. The fraction of sp³-hybridized carbons (Fsp3) is 0.333. The zero-order valence-corrected chi connectivity index (χ0v) is 11.5. The number of nitrogens with zero attached hydrogens (tertiary/aromatic N) is 2. The Morgan fingerprint density at radius 2 is 2.32 bits per heavy atom. The lowest BCUT2D eigenvalue weighted by atomic mass is 10.2. The van der Waals surface area contributed by atoms with Gasteiger partial charge >= 0.3 is 0 Å². The van der Waals surface area contributed by atoms with Crippen molar-refractivity contribution in [2.45, 2.75) is 6.10 Å². The summed E-state index contributed by atoms with van der Waals surface area (Å²) >= 11 is 3.29. The smallest absolute Gasteiger partial charge is 0.261 e. The fourth-order valence-electron chi connectivity index (χ4n) is 1.87. The number of hydrogen-bond donors (Lipinski definition) is 1. The van der Waals surface area contributed by atoms with Crippen molar-refractivity contribution in [1.29, 1.82) is 0 Å². The molecule has 1 saturated heterocycles. The molecule has 0 saturated carbocycles. The molecule has 2 heterocycles. The van der Waals surface area contributed by atoms with Crippen LogP contribution in [0.15, 0.2) is 27.2 Å². The lowest BCUT2D eigenvalue weighted by Crippen LogP contribution is -2.33. The van der Waals surface area contributed by atoms with Crippen LogP contribution in [0.2, 0.25) is 0 Å². The van der Waals surface area contributed by atoms with Gasteiger partial charge in [0.05, 0.1) is 12.2 Å². The molecule has 0 aliphatic carbocycles. The van der Waals surface area contributed by atoms with Crippen LogP contribution in [0, 0.1) is 5.82 Å². The number of hydrogen-bond acceptors (Lipinski definition) is 5. The molecular formula is C12H11BrFN3O2. The van der Waals surface area contributed by atoms with E-state index in [1.54, 1.807) is 12.1 Å². The molecule has 1 aliphatic rings. The number of halogens is 2. The number of benzene rings is 1. The molecule has 3 rings (SSSR count). The van der Waals surface area contributed by atoms with Crippen molar-refractivity contribution in [3.05, 3.63) is 34.3 Å². The Balaban J connectivity index is 1.89. The number of aromatic nitrogens is 2. The molecule has 1 N–H and O–H groups in total. The van der Waals surface area contributed by atoms with Crippen LogP contribution in [0.25, 0.3) is 11.5 Å². The van der Waals surface area contributed by atoms with Crippen LogP contribution in [-0.2, 0) is 4.74 Å². The van der Waals surface area contributed by atoms with Gasteiger partial charge in [0.25, 0.3) is 5.89 Å². The SMILES string of the molecule is Fc1ccc(Br)cc1-c1nc(C2CNCCO2)no1. The van der Waals surface area contributed by atoms with Crippen molar-refractivity contribution in [1.82, 2.24) is 15.5 Å². The van der Waals surface area contributed by atoms with Crippen molar-refractivity contribution in [2.75, 3.05) is 19.7 Å². The molecule has 1 aliphatic heterocycles. The summed E-state index contributed by atoms with van der Waals surface area (Å²) in [4.78, 5) is 4.20. The van der Waals surface area contributed by atoms with E-state index in [0.29, 0.717) is 19.0 Å². The van der Waals surface area contributed by atoms with E-state index in [2.05, 4.69) is 31.4 Å². The monoisotopic (exact) mass is 327 g/mol. The fourth-order valence-corrected chi connectivity index (χ4v) is 2.23. The zero-order valence-electron chi connectivity index (χ0n) is 9.90. The Bertz CT molecular complexity index is 584. The normalized spacial score (nSPS) is 19.6. The van der Waals surface area contributed by atoms with Crippen LogP contribution in [-0.4, -0.2) is 29.8 Å². The molecule has 19 heavy (non-hydrogen) atoms. The van der Waals surface area contributed by atoms with Gasteiger partial charge in [0.1, 0.15) is 11.9 Å². The maximum Gasteiger partial charge on any atom is 0.261 e. The Morgan fingerprint density at radius 3 is 3.11 bits per heavy atom. The molecule has 0 bridgehead atoms. The minimum Gasteiger partial charge on any atom is -0.367 e.